The number of hydrogen-bond acceptors (Lipinski definition) is 3. The summed E-state index contributed by atoms with van der Waals surface area (Å²) in [4.78, 5) is 8.87. The number of aromatic nitrogens is 2. The van der Waals surface area contributed by atoms with Gasteiger partial charge in [0, 0.05) is 19.0 Å². The third-order valence-corrected chi connectivity index (χ3v) is 3.35. The van der Waals surface area contributed by atoms with Crippen LogP contribution in [0.15, 0.2) is 10.7 Å². The Hall–Kier alpha value is -0.640. The van der Waals surface area contributed by atoms with Gasteiger partial charge in [-0.1, -0.05) is 33.6 Å². The number of aryl methyl sites for hydroxylation is 1. The van der Waals surface area contributed by atoms with Gasteiger partial charge in [0.1, 0.15) is 16.2 Å². The van der Waals surface area contributed by atoms with Crippen LogP contribution in [0, 0.1) is 5.92 Å². The zero-order valence-corrected chi connectivity index (χ0v) is 12.5. The zero-order chi connectivity index (χ0) is 12.7. The molecule has 0 fully saturated rings. The van der Waals surface area contributed by atoms with Crippen LogP contribution in [0.3, 0.4) is 0 Å². The Bertz CT molecular complexity index is 337. The Labute approximate surface area is 113 Å². The molecule has 0 aliphatic carbocycles. The summed E-state index contributed by atoms with van der Waals surface area (Å²) < 4.78 is 0.864. The molecule has 17 heavy (non-hydrogen) atoms. The van der Waals surface area contributed by atoms with Gasteiger partial charge in [0.25, 0.3) is 0 Å². The SMILES string of the molecule is CCCc1nc(Br)cc(NCC(CC)CC)n1. The molecule has 1 N–H and O–H groups in total. The van der Waals surface area contributed by atoms with Crippen molar-refractivity contribution in [1.82, 2.24) is 9.97 Å². The first-order valence-electron chi connectivity index (χ1n) is 6.46. The van der Waals surface area contributed by atoms with Crippen LogP contribution in [0.1, 0.15) is 45.9 Å². The zero-order valence-electron chi connectivity index (χ0n) is 11.0. The standard InChI is InChI=1S/C13H22BrN3/c1-4-7-12-16-11(14)8-13(17-12)15-9-10(5-2)6-3/h8,10H,4-7,9H2,1-3H3,(H,15,16,17). The van der Waals surface area contributed by atoms with Gasteiger partial charge in [-0.15, -0.1) is 0 Å². The minimum Gasteiger partial charge on any atom is -0.370 e. The molecule has 0 radical (unpaired) electrons. The van der Waals surface area contributed by atoms with Crippen molar-refractivity contribution in [1.29, 1.82) is 0 Å². The molecule has 0 saturated carbocycles. The lowest BCUT2D eigenvalue weighted by Gasteiger charge is -2.14. The van der Waals surface area contributed by atoms with Gasteiger partial charge in [0.05, 0.1) is 0 Å². The van der Waals surface area contributed by atoms with Gasteiger partial charge in [-0.3, -0.25) is 0 Å². The molecule has 0 saturated heterocycles. The summed E-state index contributed by atoms with van der Waals surface area (Å²) in [6.45, 7) is 7.59. The van der Waals surface area contributed by atoms with Crippen molar-refractivity contribution >= 4 is 21.7 Å². The van der Waals surface area contributed by atoms with Crippen LogP contribution >= 0.6 is 15.9 Å². The second-order valence-electron chi connectivity index (χ2n) is 4.31. The summed E-state index contributed by atoms with van der Waals surface area (Å²) in [6, 6.07) is 1.95. The van der Waals surface area contributed by atoms with Crippen molar-refractivity contribution in [3.63, 3.8) is 0 Å². The fraction of sp³-hybridized carbons (Fsp3) is 0.692. The summed E-state index contributed by atoms with van der Waals surface area (Å²) in [5.41, 5.74) is 0. The first kappa shape index (κ1) is 14.4. The molecule has 0 bridgehead atoms. The fourth-order valence-corrected chi connectivity index (χ4v) is 2.14. The summed E-state index contributed by atoms with van der Waals surface area (Å²) >= 11 is 3.43. The normalized spacial score (nSPS) is 10.9. The molecule has 1 aromatic heterocycles. The molecule has 4 heteroatoms. The molecule has 0 unspecified atom stereocenters. The van der Waals surface area contributed by atoms with E-state index in [1.165, 1.54) is 12.8 Å². The van der Waals surface area contributed by atoms with E-state index in [-0.39, 0.29) is 0 Å². The summed E-state index contributed by atoms with van der Waals surface area (Å²) in [5.74, 6) is 2.56. The number of anilines is 1. The molecule has 0 amide bonds. The lowest BCUT2D eigenvalue weighted by atomic mass is 10.0. The Kier molecular flexibility index (Phi) is 6.48. The topological polar surface area (TPSA) is 37.8 Å². The largest absolute Gasteiger partial charge is 0.370 e. The van der Waals surface area contributed by atoms with Gasteiger partial charge in [-0.25, -0.2) is 9.97 Å². The van der Waals surface area contributed by atoms with Gasteiger partial charge in [0.15, 0.2) is 0 Å². The molecule has 96 valence electrons. The van der Waals surface area contributed by atoms with Crippen LogP contribution in [-0.4, -0.2) is 16.5 Å². The monoisotopic (exact) mass is 299 g/mol. The van der Waals surface area contributed by atoms with Gasteiger partial charge in [-0.05, 0) is 28.3 Å². The Morgan fingerprint density at radius 1 is 1.24 bits per heavy atom. The van der Waals surface area contributed by atoms with Crippen LogP contribution in [0.5, 0.6) is 0 Å². The maximum absolute atomic E-state index is 4.51. The van der Waals surface area contributed by atoms with Crippen molar-refractivity contribution in [3.05, 3.63) is 16.5 Å². The van der Waals surface area contributed by atoms with Crippen LogP contribution in [0.2, 0.25) is 0 Å². The third-order valence-electron chi connectivity index (χ3n) is 2.94. The second kappa shape index (κ2) is 7.64. The smallest absolute Gasteiger partial charge is 0.132 e. The van der Waals surface area contributed by atoms with E-state index in [2.05, 4.69) is 52.0 Å². The average molecular weight is 300 g/mol. The minimum atomic E-state index is 0.721. The van der Waals surface area contributed by atoms with Crippen LogP contribution < -0.4 is 5.32 Å². The molecule has 1 rings (SSSR count). The van der Waals surface area contributed by atoms with Crippen molar-refractivity contribution in [2.24, 2.45) is 5.92 Å². The maximum Gasteiger partial charge on any atom is 0.132 e. The van der Waals surface area contributed by atoms with E-state index in [1.54, 1.807) is 0 Å². The van der Waals surface area contributed by atoms with Crippen LogP contribution in [-0.2, 0) is 6.42 Å². The average Bonchev–Trinajstić information content (AvgIpc) is 2.30. The minimum absolute atomic E-state index is 0.721. The highest BCUT2D eigenvalue weighted by molar-refractivity contribution is 9.10. The van der Waals surface area contributed by atoms with Crippen molar-refractivity contribution < 1.29 is 0 Å². The lowest BCUT2D eigenvalue weighted by molar-refractivity contribution is 0.518. The molecule has 0 aliphatic heterocycles. The number of nitrogens with zero attached hydrogens (tertiary/aromatic N) is 2. The molecule has 0 spiro atoms. The lowest BCUT2D eigenvalue weighted by Crippen LogP contribution is -2.14. The highest BCUT2D eigenvalue weighted by atomic mass is 79.9. The molecule has 0 aromatic carbocycles. The number of rotatable bonds is 7. The second-order valence-corrected chi connectivity index (χ2v) is 5.12. The Morgan fingerprint density at radius 2 is 1.94 bits per heavy atom. The predicted molar refractivity (Wildman–Crippen MR) is 76.3 cm³/mol. The highest BCUT2D eigenvalue weighted by Crippen LogP contribution is 2.15. The number of hydrogen-bond donors (Lipinski definition) is 1. The number of halogens is 1. The van der Waals surface area contributed by atoms with Crippen molar-refractivity contribution in [2.75, 3.05) is 11.9 Å². The molecule has 1 heterocycles. The molecule has 0 aliphatic rings. The van der Waals surface area contributed by atoms with Gasteiger partial charge in [-0.2, -0.15) is 0 Å². The van der Waals surface area contributed by atoms with E-state index in [0.717, 1.165) is 41.5 Å². The van der Waals surface area contributed by atoms with Crippen LogP contribution in [0.25, 0.3) is 0 Å². The molecular weight excluding hydrogens is 278 g/mol. The van der Waals surface area contributed by atoms with E-state index in [4.69, 9.17) is 0 Å². The predicted octanol–water partition coefficient (Wildman–Crippen LogP) is 4.04. The Morgan fingerprint density at radius 3 is 2.53 bits per heavy atom. The summed E-state index contributed by atoms with van der Waals surface area (Å²) in [7, 11) is 0. The van der Waals surface area contributed by atoms with E-state index in [0.29, 0.717) is 0 Å². The molecule has 0 atom stereocenters. The third kappa shape index (κ3) is 5.02. The molecular formula is C13H22BrN3. The molecule has 1 aromatic rings. The van der Waals surface area contributed by atoms with E-state index in [1.807, 2.05) is 6.07 Å². The Balaban J connectivity index is 2.63. The van der Waals surface area contributed by atoms with Crippen molar-refractivity contribution in [3.8, 4) is 0 Å². The van der Waals surface area contributed by atoms with Gasteiger partial charge < -0.3 is 5.32 Å². The van der Waals surface area contributed by atoms with E-state index >= 15 is 0 Å². The first-order valence-corrected chi connectivity index (χ1v) is 7.26. The van der Waals surface area contributed by atoms with Gasteiger partial charge in [0.2, 0.25) is 0 Å². The molecule has 3 nitrogen and oxygen atoms in total. The van der Waals surface area contributed by atoms with Gasteiger partial charge >= 0.3 is 0 Å². The number of nitrogens with one attached hydrogen (secondary N) is 1. The summed E-state index contributed by atoms with van der Waals surface area (Å²) in [5, 5.41) is 3.41. The fourth-order valence-electron chi connectivity index (χ4n) is 1.72. The quantitative estimate of drug-likeness (QED) is 0.772. The van der Waals surface area contributed by atoms with Crippen molar-refractivity contribution in [2.45, 2.75) is 46.5 Å². The van der Waals surface area contributed by atoms with E-state index < -0.39 is 0 Å². The highest BCUT2D eigenvalue weighted by Gasteiger charge is 2.06. The van der Waals surface area contributed by atoms with Crippen LogP contribution in [0.4, 0.5) is 5.82 Å². The summed E-state index contributed by atoms with van der Waals surface area (Å²) in [6.07, 6.45) is 4.41. The maximum atomic E-state index is 4.51. The van der Waals surface area contributed by atoms with E-state index in [9.17, 15) is 0 Å². The first-order chi connectivity index (χ1) is 8.19.